The van der Waals surface area contributed by atoms with E-state index in [4.69, 9.17) is 0 Å². The van der Waals surface area contributed by atoms with Gasteiger partial charge in [-0.3, -0.25) is 10.3 Å². The van der Waals surface area contributed by atoms with E-state index in [-0.39, 0.29) is 6.03 Å². The number of carbonyl (C=O) groups is 1. The quantitative estimate of drug-likeness (QED) is 0.725. The Balaban J connectivity index is 1.94. The molecule has 0 radical (unpaired) electrons. The summed E-state index contributed by atoms with van der Waals surface area (Å²) in [6, 6.07) is -0.0806. The number of amides is 2. The Hall–Kier alpha value is -1.65. The lowest BCUT2D eigenvalue weighted by molar-refractivity contribution is 0.222. The molecule has 1 aromatic heterocycles. The van der Waals surface area contributed by atoms with E-state index in [2.05, 4.69) is 15.3 Å². The molecule has 1 saturated heterocycles. The number of anilines is 1. The summed E-state index contributed by atoms with van der Waals surface area (Å²) in [6.07, 6.45) is 6.85. The number of urea groups is 1. The second-order valence-electron chi connectivity index (χ2n) is 3.21. The van der Waals surface area contributed by atoms with E-state index in [0.717, 1.165) is 25.9 Å². The fourth-order valence-corrected chi connectivity index (χ4v) is 1.47. The Labute approximate surface area is 82.2 Å². The highest BCUT2D eigenvalue weighted by molar-refractivity contribution is 5.88. The van der Waals surface area contributed by atoms with Crippen molar-refractivity contribution in [2.24, 2.45) is 0 Å². The predicted molar refractivity (Wildman–Crippen MR) is 51.9 cm³/mol. The van der Waals surface area contributed by atoms with Crippen LogP contribution in [0.15, 0.2) is 18.6 Å². The lowest BCUT2D eigenvalue weighted by Crippen LogP contribution is -2.32. The van der Waals surface area contributed by atoms with E-state index in [1.807, 2.05) is 0 Å². The third-order valence-corrected chi connectivity index (χ3v) is 2.19. The number of likely N-dealkylation sites (tertiary alicyclic amines) is 1. The first kappa shape index (κ1) is 8.93. The maximum Gasteiger partial charge on any atom is 0.323 e. The second kappa shape index (κ2) is 4.04. The van der Waals surface area contributed by atoms with Gasteiger partial charge in [-0.05, 0) is 12.8 Å². The van der Waals surface area contributed by atoms with Crippen molar-refractivity contribution in [2.75, 3.05) is 18.4 Å². The van der Waals surface area contributed by atoms with Gasteiger partial charge in [0.05, 0.1) is 6.20 Å². The molecule has 5 nitrogen and oxygen atoms in total. The predicted octanol–water partition coefficient (Wildman–Crippen LogP) is 1.10. The van der Waals surface area contributed by atoms with Crippen LogP contribution in [-0.4, -0.2) is 34.0 Å². The van der Waals surface area contributed by atoms with Gasteiger partial charge >= 0.3 is 6.03 Å². The lowest BCUT2D eigenvalue weighted by atomic mass is 10.4. The van der Waals surface area contributed by atoms with Gasteiger partial charge in [-0.15, -0.1) is 0 Å². The summed E-state index contributed by atoms with van der Waals surface area (Å²) in [5.41, 5.74) is 0. The van der Waals surface area contributed by atoms with Crippen LogP contribution in [0.25, 0.3) is 0 Å². The molecule has 0 aliphatic carbocycles. The molecule has 0 atom stereocenters. The molecule has 0 spiro atoms. The van der Waals surface area contributed by atoms with Crippen molar-refractivity contribution in [1.29, 1.82) is 0 Å². The third kappa shape index (κ3) is 1.99. The van der Waals surface area contributed by atoms with Gasteiger partial charge in [0.1, 0.15) is 0 Å². The van der Waals surface area contributed by atoms with E-state index in [1.54, 1.807) is 17.3 Å². The van der Waals surface area contributed by atoms with Crippen LogP contribution >= 0.6 is 0 Å². The number of hydrogen-bond acceptors (Lipinski definition) is 3. The van der Waals surface area contributed by atoms with E-state index >= 15 is 0 Å². The first-order valence-electron chi connectivity index (χ1n) is 4.68. The molecule has 0 unspecified atom stereocenters. The fourth-order valence-electron chi connectivity index (χ4n) is 1.47. The van der Waals surface area contributed by atoms with Crippen molar-refractivity contribution >= 4 is 11.8 Å². The zero-order valence-electron chi connectivity index (χ0n) is 7.81. The van der Waals surface area contributed by atoms with E-state index in [9.17, 15) is 4.79 Å². The highest BCUT2D eigenvalue weighted by Crippen LogP contribution is 2.09. The summed E-state index contributed by atoms with van der Waals surface area (Å²) in [5, 5.41) is 2.70. The van der Waals surface area contributed by atoms with Crippen molar-refractivity contribution in [3.05, 3.63) is 18.6 Å². The fraction of sp³-hybridized carbons (Fsp3) is 0.444. The summed E-state index contributed by atoms with van der Waals surface area (Å²) >= 11 is 0. The molecule has 0 saturated carbocycles. The highest BCUT2D eigenvalue weighted by atomic mass is 16.2. The van der Waals surface area contributed by atoms with Gasteiger partial charge < -0.3 is 4.90 Å². The molecular weight excluding hydrogens is 180 g/mol. The van der Waals surface area contributed by atoms with Crippen LogP contribution in [0.4, 0.5) is 10.6 Å². The molecule has 14 heavy (non-hydrogen) atoms. The largest absolute Gasteiger partial charge is 0.324 e. The second-order valence-corrected chi connectivity index (χ2v) is 3.21. The molecular formula is C9H12N4O. The van der Waals surface area contributed by atoms with E-state index in [0.29, 0.717) is 5.82 Å². The molecule has 2 rings (SSSR count). The maximum atomic E-state index is 11.6. The van der Waals surface area contributed by atoms with Crippen LogP contribution < -0.4 is 5.32 Å². The summed E-state index contributed by atoms with van der Waals surface area (Å²) in [4.78, 5) is 21.2. The normalized spacial score (nSPS) is 15.6. The number of hydrogen-bond donors (Lipinski definition) is 1. The molecule has 1 fully saturated rings. The SMILES string of the molecule is O=C(Nc1cnccn1)N1CCCC1. The molecule has 1 N–H and O–H groups in total. The van der Waals surface area contributed by atoms with E-state index in [1.165, 1.54) is 6.20 Å². The average molecular weight is 192 g/mol. The van der Waals surface area contributed by atoms with Crippen LogP contribution in [0.3, 0.4) is 0 Å². The molecule has 1 aromatic rings. The van der Waals surface area contributed by atoms with Gasteiger partial charge in [-0.1, -0.05) is 0 Å². The monoisotopic (exact) mass is 192 g/mol. The maximum absolute atomic E-state index is 11.6. The topological polar surface area (TPSA) is 58.1 Å². The van der Waals surface area contributed by atoms with Crippen molar-refractivity contribution < 1.29 is 4.79 Å². The molecule has 0 aromatic carbocycles. The Morgan fingerprint density at radius 2 is 2.14 bits per heavy atom. The Morgan fingerprint density at radius 3 is 2.79 bits per heavy atom. The van der Waals surface area contributed by atoms with Crippen LogP contribution in [0.5, 0.6) is 0 Å². The minimum absolute atomic E-state index is 0.0806. The molecule has 0 bridgehead atoms. The standard InChI is InChI=1S/C9H12N4O/c14-9(13-5-1-2-6-13)12-8-7-10-3-4-11-8/h3-4,7H,1-2,5-6H2,(H,11,12,14). The first-order chi connectivity index (χ1) is 6.86. The van der Waals surface area contributed by atoms with E-state index < -0.39 is 0 Å². The van der Waals surface area contributed by atoms with Gasteiger partial charge in [-0.2, -0.15) is 0 Å². The molecule has 2 heterocycles. The van der Waals surface area contributed by atoms with Crippen LogP contribution in [-0.2, 0) is 0 Å². The Bertz CT molecular complexity index is 308. The summed E-state index contributed by atoms with van der Waals surface area (Å²) in [7, 11) is 0. The molecule has 2 amide bonds. The minimum Gasteiger partial charge on any atom is -0.324 e. The molecule has 5 heteroatoms. The Morgan fingerprint density at radius 1 is 1.36 bits per heavy atom. The highest BCUT2D eigenvalue weighted by Gasteiger charge is 2.17. The zero-order valence-corrected chi connectivity index (χ0v) is 7.81. The van der Waals surface area contributed by atoms with Gasteiger partial charge in [-0.25, -0.2) is 9.78 Å². The van der Waals surface area contributed by atoms with Crippen molar-refractivity contribution in [1.82, 2.24) is 14.9 Å². The molecule has 1 aliphatic heterocycles. The van der Waals surface area contributed by atoms with Crippen molar-refractivity contribution in [3.8, 4) is 0 Å². The summed E-state index contributed by atoms with van der Waals surface area (Å²) in [6.45, 7) is 1.68. The molecule has 1 aliphatic rings. The molecule has 74 valence electrons. The van der Waals surface area contributed by atoms with Crippen LogP contribution in [0, 0.1) is 0 Å². The van der Waals surface area contributed by atoms with Crippen LogP contribution in [0.2, 0.25) is 0 Å². The number of carbonyl (C=O) groups excluding carboxylic acids is 1. The smallest absolute Gasteiger partial charge is 0.323 e. The number of nitrogens with zero attached hydrogens (tertiary/aromatic N) is 3. The van der Waals surface area contributed by atoms with Crippen molar-refractivity contribution in [3.63, 3.8) is 0 Å². The third-order valence-electron chi connectivity index (χ3n) is 2.19. The summed E-state index contributed by atoms with van der Waals surface area (Å²) in [5.74, 6) is 0.504. The number of rotatable bonds is 1. The van der Waals surface area contributed by atoms with Crippen molar-refractivity contribution in [2.45, 2.75) is 12.8 Å². The van der Waals surface area contributed by atoms with Gasteiger partial charge in [0.2, 0.25) is 0 Å². The average Bonchev–Trinajstić information content (AvgIpc) is 2.72. The zero-order chi connectivity index (χ0) is 9.80. The summed E-state index contributed by atoms with van der Waals surface area (Å²) < 4.78 is 0. The first-order valence-corrected chi connectivity index (χ1v) is 4.68. The van der Waals surface area contributed by atoms with Crippen LogP contribution in [0.1, 0.15) is 12.8 Å². The Kier molecular flexibility index (Phi) is 2.58. The lowest BCUT2D eigenvalue weighted by Gasteiger charge is -2.15. The van der Waals surface area contributed by atoms with Gasteiger partial charge in [0, 0.05) is 25.5 Å². The minimum atomic E-state index is -0.0806. The number of nitrogens with one attached hydrogen (secondary N) is 1. The van der Waals surface area contributed by atoms with Gasteiger partial charge in [0.25, 0.3) is 0 Å². The van der Waals surface area contributed by atoms with Gasteiger partial charge in [0.15, 0.2) is 5.82 Å². The number of aromatic nitrogens is 2.